The third-order valence-electron chi connectivity index (χ3n) is 3.00. The van der Waals surface area contributed by atoms with E-state index in [1.54, 1.807) is 0 Å². The Morgan fingerprint density at radius 3 is 2.40 bits per heavy atom. The Balaban J connectivity index is 2.66. The van der Waals surface area contributed by atoms with Gasteiger partial charge >= 0.3 is 0 Å². The van der Waals surface area contributed by atoms with Gasteiger partial charge in [-0.05, 0) is 50.4 Å². The molecular formula is C16H26N2O2. The minimum absolute atomic E-state index is 0.0724. The number of aryl methyl sites for hydroxylation is 2. The molecule has 2 N–H and O–H groups in total. The molecule has 0 unspecified atom stereocenters. The maximum absolute atomic E-state index is 11.4. The van der Waals surface area contributed by atoms with Crippen LogP contribution in [0.2, 0.25) is 0 Å². The van der Waals surface area contributed by atoms with Crippen LogP contribution in [0.1, 0.15) is 37.0 Å². The average molecular weight is 278 g/mol. The molecule has 1 aromatic rings. The first-order valence-corrected chi connectivity index (χ1v) is 7.28. The van der Waals surface area contributed by atoms with E-state index in [9.17, 15) is 4.79 Å². The summed E-state index contributed by atoms with van der Waals surface area (Å²) in [7, 11) is 0. The van der Waals surface area contributed by atoms with Crippen molar-refractivity contribution in [3.8, 4) is 5.75 Å². The summed E-state index contributed by atoms with van der Waals surface area (Å²) >= 11 is 0. The number of hydrogen-bond donors (Lipinski definition) is 2. The zero-order valence-electron chi connectivity index (χ0n) is 13.0. The summed E-state index contributed by atoms with van der Waals surface area (Å²) in [5, 5.41) is 6.11. The molecule has 4 heteroatoms. The first-order chi connectivity index (χ1) is 9.58. The Kier molecular flexibility index (Phi) is 7.09. The third-order valence-corrected chi connectivity index (χ3v) is 3.00. The van der Waals surface area contributed by atoms with Crippen molar-refractivity contribution >= 4 is 5.91 Å². The molecule has 0 bridgehead atoms. The van der Waals surface area contributed by atoms with E-state index >= 15 is 0 Å². The van der Waals surface area contributed by atoms with Gasteiger partial charge in [0.1, 0.15) is 5.75 Å². The number of nitrogens with one attached hydrogen (secondary N) is 2. The van der Waals surface area contributed by atoms with Crippen molar-refractivity contribution in [1.29, 1.82) is 0 Å². The zero-order valence-corrected chi connectivity index (χ0v) is 13.0. The Morgan fingerprint density at radius 1 is 1.20 bits per heavy atom. The normalized spacial score (nSPS) is 10.4. The van der Waals surface area contributed by atoms with E-state index in [2.05, 4.69) is 29.7 Å². The molecule has 20 heavy (non-hydrogen) atoms. The second-order valence-corrected chi connectivity index (χ2v) is 4.98. The zero-order chi connectivity index (χ0) is 15.0. The van der Waals surface area contributed by atoms with Crippen LogP contribution >= 0.6 is 0 Å². The highest BCUT2D eigenvalue weighted by atomic mass is 16.5. The van der Waals surface area contributed by atoms with E-state index in [1.807, 2.05) is 20.8 Å². The molecule has 0 aliphatic carbocycles. The predicted octanol–water partition coefficient (Wildman–Crippen LogP) is 2.32. The Bertz CT molecular complexity index is 421. The van der Waals surface area contributed by atoms with Gasteiger partial charge in [0.05, 0.1) is 0 Å². The van der Waals surface area contributed by atoms with Gasteiger partial charge < -0.3 is 15.4 Å². The number of ether oxygens (including phenoxy) is 1. The molecule has 0 heterocycles. The first-order valence-electron chi connectivity index (χ1n) is 7.28. The van der Waals surface area contributed by atoms with Gasteiger partial charge in [-0.2, -0.15) is 0 Å². The lowest BCUT2D eigenvalue weighted by Crippen LogP contribution is -2.28. The molecule has 0 atom stereocenters. The van der Waals surface area contributed by atoms with E-state index < -0.39 is 0 Å². The summed E-state index contributed by atoms with van der Waals surface area (Å²) in [6.45, 7) is 10.7. The molecule has 0 spiro atoms. The molecule has 4 nitrogen and oxygen atoms in total. The Morgan fingerprint density at radius 2 is 1.85 bits per heavy atom. The van der Waals surface area contributed by atoms with Crippen LogP contribution in [0.5, 0.6) is 5.75 Å². The van der Waals surface area contributed by atoms with Crippen molar-refractivity contribution < 1.29 is 9.53 Å². The molecule has 1 amide bonds. The van der Waals surface area contributed by atoms with E-state index in [4.69, 9.17) is 4.74 Å². The average Bonchev–Trinajstić information content (AvgIpc) is 2.38. The van der Waals surface area contributed by atoms with Crippen LogP contribution in [-0.2, 0) is 11.3 Å². The van der Waals surface area contributed by atoms with Crippen molar-refractivity contribution in [3.63, 3.8) is 0 Å². The highest BCUT2D eigenvalue weighted by Gasteiger charge is 2.08. The number of amides is 1. The van der Waals surface area contributed by atoms with Gasteiger partial charge in [-0.1, -0.05) is 19.1 Å². The largest absolute Gasteiger partial charge is 0.483 e. The van der Waals surface area contributed by atoms with Crippen LogP contribution < -0.4 is 15.4 Å². The lowest BCUT2D eigenvalue weighted by molar-refractivity contribution is -0.122. The van der Waals surface area contributed by atoms with Crippen LogP contribution in [0.15, 0.2) is 12.1 Å². The molecule has 112 valence electrons. The molecular weight excluding hydrogens is 252 g/mol. The fourth-order valence-corrected chi connectivity index (χ4v) is 2.17. The Hall–Kier alpha value is -1.55. The predicted molar refractivity (Wildman–Crippen MR) is 82.1 cm³/mol. The topological polar surface area (TPSA) is 50.4 Å². The highest BCUT2D eigenvalue weighted by Crippen LogP contribution is 2.24. The first kappa shape index (κ1) is 16.5. The van der Waals surface area contributed by atoms with E-state index in [1.165, 1.54) is 5.56 Å². The molecule has 1 aromatic carbocycles. The second kappa shape index (κ2) is 8.59. The number of likely N-dealkylation sites (N-methyl/N-ethyl adjacent to an activating group) is 1. The molecule has 0 aliphatic rings. The number of rotatable bonds is 8. The minimum Gasteiger partial charge on any atom is -0.483 e. The summed E-state index contributed by atoms with van der Waals surface area (Å²) in [5.74, 6) is 0.732. The molecule has 0 aliphatic heterocycles. The van der Waals surface area contributed by atoms with Crippen molar-refractivity contribution in [3.05, 3.63) is 28.8 Å². The quantitative estimate of drug-likeness (QED) is 0.718. The minimum atomic E-state index is -0.0833. The number of benzene rings is 1. The van der Waals surface area contributed by atoms with E-state index in [0.717, 1.165) is 36.4 Å². The standard InChI is InChI=1S/C16H26N2O2/c1-5-7-17-10-14-8-12(3)16(13(4)9-14)20-11-15(19)18-6-2/h8-9,17H,5-7,10-11H2,1-4H3,(H,18,19). The van der Waals surface area contributed by atoms with Gasteiger partial charge in [-0.25, -0.2) is 0 Å². The Labute approximate surface area is 121 Å². The van der Waals surface area contributed by atoms with Crippen LogP contribution in [0.25, 0.3) is 0 Å². The third kappa shape index (κ3) is 5.21. The smallest absolute Gasteiger partial charge is 0.257 e. The van der Waals surface area contributed by atoms with Gasteiger partial charge in [0.25, 0.3) is 5.91 Å². The van der Waals surface area contributed by atoms with Crippen molar-refractivity contribution in [2.24, 2.45) is 0 Å². The lowest BCUT2D eigenvalue weighted by Gasteiger charge is -2.14. The number of hydrogen-bond acceptors (Lipinski definition) is 3. The van der Waals surface area contributed by atoms with Crippen LogP contribution in [-0.4, -0.2) is 25.6 Å². The van der Waals surface area contributed by atoms with Crippen LogP contribution in [0.3, 0.4) is 0 Å². The van der Waals surface area contributed by atoms with Gasteiger partial charge in [0, 0.05) is 13.1 Å². The summed E-state index contributed by atoms with van der Waals surface area (Å²) in [6.07, 6.45) is 1.13. The molecule has 0 radical (unpaired) electrons. The van der Waals surface area contributed by atoms with E-state index in [0.29, 0.717) is 6.54 Å². The van der Waals surface area contributed by atoms with Gasteiger partial charge in [0.2, 0.25) is 0 Å². The van der Waals surface area contributed by atoms with Gasteiger partial charge in [-0.3, -0.25) is 4.79 Å². The molecule has 0 saturated carbocycles. The van der Waals surface area contributed by atoms with Gasteiger partial charge in [-0.15, -0.1) is 0 Å². The molecule has 0 aromatic heterocycles. The fourth-order valence-electron chi connectivity index (χ4n) is 2.17. The van der Waals surface area contributed by atoms with Gasteiger partial charge in [0.15, 0.2) is 6.61 Å². The SMILES string of the molecule is CCCNCc1cc(C)c(OCC(=O)NCC)c(C)c1. The maximum atomic E-state index is 11.4. The molecule has 0 fully saturated rings. The summed E-state index contributed by atoms with van der Waals surface area (Å²) in [4.78, 5) is 11.4. The highest BCUT2D eigenvalue weighted by molar-refractivity contribution is 5.77. The molecule has 1 rings (SSSR count). The van der Waals surface area contributed by atoms with Crippen LogP contribution in [0, 0.1) is 13.8 Å². The monoisotopic (exact) mass is 278 g/mol. The number of carbonyl (C=O) groups is 1. The lowest BCUT2D eigenvalue weighted by atomic mass is 10.1. The van der Waals surface area contributed by atoms with Crippen molar-refractivity contribution in [2.75, 3.05) is 19.7 Å². The summed E-state index contributed by atoms with van der Waals surface area (Å²) < 4.78 is 5.63. The van der Waals surface area contributed by atoms with E-state index in [-0.39, 0.29) is 12.5 Å². The second-order valence-electron chi connectivity index (χ2n) is 4.98. The summed E-state index contributed by atoms with van der Waals surface area (Å²) in [5.41, 5.74) is 3.39. The fraction of sp³-hybridized carbons (Fsp3) is 0.562. The van der Waals surface area contributed by atoms with Crippen molar-refractivity contribution in [2.45, 2.75) is 40.7 Å². The number of carbonyl (C=O) groups excluding carboxylic acids is 1. The van der Waals surface area contributed by atoms with Crippen LogP contribution in [0.4, 0.5) is 0 Å². The maximum Gasteiger partial charge on any atom is 0.257 e. The van der Waals surface area contributed by atoms with Crippen molar-refractivity contribution in [1.82, 2.24) is 10.6 Å². The summed E-state index contributed by atoms with van der Waals surface area (Å²) in [6, 6.07) is 4.23. The molecule has 0 saturated heterocycles.